The third-order valence-electron chi connectivity index (χ3n) is 6.06. The molecule has 2 aromatic heterocycles. The minimum absolute atomic E-state index is 0.124. The summed E-state index contributed by atoms with van der Waals surface area (Å²) in [5, 5.41) is 4.64. The molecule has 0 saturated heterocycles. The zero-order chi connectivity index (χ0) is 25.2. The van der Waals surface area contributed by atoms with Gasteiger partial charge in [0, 0.05) is 21.0 Å². The van der Waals surface area contributed by atoms with Crippen molar-refractivity contribution in [3.05, 3.63) is 86.2 Å². The van der Waals surface area contributed by atoms with Crippen LogP contribution >= 0.6 is 22.9 Å². The summed E-state index contributed by atoms with van der Waals surface area (Å²) in [6.07, 6.45) is 3.79. The molecule has 5 rings (SSSR count). The number of anilines is 1. The van der Waals surface area contributed by atoms with Crippen LogP contribution in [-0.2, 0) is 17.6 Å². The highest BCUT2D eigenvalue weighted by Crippen LogP contribution is 2.40. The van der Waals surface area contributed by atoms with Crippen molar-refractivity contribution in [3.63, 3.8) is 0 Å². The van der Waals surface area contributed by atoms with Crippen LogP contribution in [-0.4, -0.2) is 18.5 Å². The first-order chi connectivity index (χ1) is 17.4. The molecule has 8 heteroatoms. The van der Waals surface area contributed by atoms with E-state index < -0.39 is 5.97 Å². The second kappa shape index (κ2) is 10.3. The van der Waals surface area contributed by atoms with Gasteiger partial charge in [0.05, 0.1) is 12.2 Å². The molecule has 0 aliphatic heterocycles. The van der Waals surface area contributed by atoms with Gasteiger partial charge >= 0.3 is 5.97 Å². The van der Waals surface area contributed by atoms with Crippen LogP contribution in [0.5, 0.6) is 0 Å². The monoisotopic (exact) mass is 520 g/mol. The van der Waals surface area contributed by atoms with Gasteiger partial charge in [-0.15, -0.1) is 11.3 Å². The number of aryl methyl sites for hydroxylation is 2. The second-order valence-electron chi connectivity index (χ2n) is 8.69. The molecule has 184 valence electrons. The van der Waals surface area contributed by atoms with E-state index in [0.717, 1.165) is 41.7 Å². The van der Waals surface area contributed by atoms with E-state index in [0.29, 0.717) is 32.2 Å². The number of nitrogens with one attached hydrogen (secondary N) is 1. The molecule has 0 unspecified atom stereocenters. The second-order valence-corrected chi connectivity index (χ2v) is 10.2. The molecule has 4 aromatic rings. The van der Waals surface area contributed by atoms with E-state index in [1.54, 1.807) is 31.2 Å². The van der Waals surface area contributed by atoms with E-state index >= 15 is 0 Å². The summed E-state index contributed by atoms with van der Waals surface area (Å²) in [5.74, 6) is -0.766. The highest BCUT2D eigenvalue weighted by Gasteiger charge is 2.27. The Morgan fingerprint density at radius 3 is 2.78 bits per heavy atom. The van der Waals surface area contributed by atoms with Crippen LogP contribution in [0.25, 0.3) is 11.0 Å². The lowest BCUT2D eigenvalue weighted by Crippen LogP contribution is -2.21. The van der Waals surface area contributed by atoms with Crippen molar-refractivity contribution in [2.45, 2.75) is 39.5 Å². The first-order valence-electron chi connectivity index (χ1n) is 11.9. The van der Waals surface area contributed by atoms with Crippen LogP contribution in [0.1, 0.15) is 56.5 Å². The van der Waals surface area contributed by atoms with Gasteiger partial charge in [0.1, 0.15) is 16.1 Å². The predicted octanol–water partition coefficient (Wildman–Crippen LogP) is 7.00. The number of amides is 1. The zero-order valence-corrected chi connectivity index (χ0v) is 21.6. The molecule has 2 heterocycles. The number of thiophene rings is 1. The van der Waals surface area contributed by atoms with E-state index in [-0.39, 0.29) is 23.6 Å². The molecule has 0 fully saturated rings. The third kappa shape index (κ3) is 4.94. The molecular formula is C28H25ClN2O4S. The molecule has 0 radical (unpaired) electrons. The van der Waals surface area contributed by atoms with Gasteiger partial charge in [0.2, 0.25) is 5.55 Å². The normalized spacial score (nSPS) is 13.5. The van der Waals surface area contributed by atoms with Crippen molar-refractivity contribution in [3.8, 4) is 0 Å². The lowest BCUT2D eigenvalue weighted by Gasteiger charge is -2.11. The Bertz CT molecular complexity index is 1550. The van der Waals surface area contributed by atoms with E-state index in [1.165, 1.54) is 11.3 Å². The van der Waals surface area contributed by atoms with Crippen LogP contribution in [0.2, 0.25) is 5.02 Å². The fourth-order valence-corrected chi connectivity index (χ4v) is 5.83. The summed E-state index contributed by atoms with van der Waals surface area (Å²) < 4.78 is 11.5. The van der Waals surface area contributed by atoms with Crippen LogP contribution in [0, 0.1) is 6.92 Å². The molecule has 0 saturated carbocycles. The predicted molar refractivity (Wildman–Crippen MR) is 142 cm³/mol. The zero-order valence-electron chi connectivity index (χ0n) is 20.0. The topological polar surface area (TPSA) is 80.9 Å². The Balaban J connectivity index is 1.69. The highest BCUT2D eigenvalue weighted by atomic mass is 35.5. The van der Waals surface area contributed by atoms with Crippen molar-refractivity contribution in [2.24, 2.45) is 4.99 Å². The molecule has 36 heavy (non-hydrogen) atoms. The van der Waals surface area contributed by atoms with Crippen molar-refractivity contribution in [1.29, 1.82) is 0 Å². The number of nitrogens with zero attached hydrogens (tertiary/aromatic N) is 1. The molecule has 1 N–H and O–H groups in total. The number of benzene rings is 2. The largest absolute Gasteiger partial charge is 0.462 e. The summed E-state index contributed by atoms with van der Waals surface area (Å²) >= 11 is 7.66. The van der Waals surface area contributed by atoms with Gasteiger partial charge in [-0.05, 0) is 87.1 Å². The van der Waals surface area contributed by atoms with Crippen LogP contribution in [0.15, 0.2) is 57.9 Å². The molecule has 2 aromatic carbocycles. The van der Waals surface area contributed by atoms with Gasteiger partial charge in [-0.2, -0.15) is 0 Å². The van der Waals surface area contributed by atoms with Crippen molar-refractivity contribution in [2.75, 3.05) is 11.9 Å². The number of ether oxygens (including phenoxy) is 1. The van der Waals surface area contributed by atoms with Gasteiger partial charge < -0.3 is 14.5 Å². The fourth-order valence-electron chi connectivity index (χ4n) is 4.40. The highest BCUT2D eigenvalue weighted by molar-refractivity contribution is 7.16. The first-order valence-corrected chi connectivity index (χ1v) is 13.1. The number of esters is 1. The maximum atomic E-state index is 13.4. The Labute approximate surface area is 217 Å². The maximum absolute atomic E-state index is 13.4. The quantitative estimate of drug-likeness (QED) is 0.287. The summed E-state index contributed by atoms with van der Waals surface area (Å²) in [6.45, 7) is 4.01. The van der Waals surface area contributed by atoms with Crippen LogP contribution in [0.4, 0.5) is 10.7 Å². The van der Waals surface area contributed by atoms with Gasteiger partial charge in [-0.3, -0.25) is 4.79 Å². The summed E-state index contributed by atoms with van der Waals surface area (Å²) in [7, 11) is 0. The van der Waals surface area contributed by atoms with Crippen molar-refractivity contribution >= 4 is 56.5 Å². The van der Waals surface area contributed by atoms with Crippen molar-refractivity contribution < 1.29 is 18.7 Å². The average molecular weight is 521 g/mol. The number of hydrogen-bond acceptors (Lipinski definition) is 6. The molecular weight excluding hydrogens is 496 g/mol. The Morgan fingerprint density at radius 1 is 1.14 bits per heavy atom. The fraction of sp³-hybridized carbons (Fsp3) is 0.250. The standard InChI is InChI=1S/C28H25ClN2O4S/c1-3-34-28(33)24-20-9-4-5-10-23(20)36-27(24)31-26-21(15-17-14-18(29)11-12-22(17)35-26)25(32)30-19-8-6-7-16(2)13-19/h6-8,11-15H,3-5,9-10H2,1-2H3,(H,30,32)/b31-26-. The molecule has 0 bridgehead atoms. The molecule has 1 aliphatic rings. The van der Waals surface area contributed by atoms with Gasteiger partial charge in [-0.25, -0.2) is 9.79 Å². The third-order valence-corrected chi connectivity index (χ3v) is 7.49. The van der Waals surface area contributed by atoms with Crippen LogP contribution in [0.3, 0.4) is 0 Å². The number of carbonyl (C=O) groups excluding carboxylic acids is 2. The average Bonchev–Trinajstić information content (AvgIpc) is 3.22. The molecule has 1 amide bonds. The van der Waals surface area contributed by atoms with Gasteiger partial charge in [0.25, 0.3) is 5.91 Å². The summed E-state index contributed by atoms with van der Waals surface area (Å²) in [6, 6.07) is 14.5. The number of hydrogen-bond donors (Lipinski definition) is 1. The lowest BCUT2D eigenvalue weighted by atomic mass is 9.95. The van der Waals surface area contributed by atoms with Crippen molar-refractivity contribution in [1.82, 2.24) is 0 Å². The number of halogens is 1. The van der Waals surface area contributed by atoms with Gasteiger partial charge in [-0.1, -0.05) is 23.7 Å². The molecule has 6 nitrogen and oxygen atoms in total. The van der Waals surface area contributed by atoms with Gasteiger partial charge in [0.15, 0.2) is 0 Å². The van der Waals surface area contributed by atoms with E-state index in [9.17, 15) is 9.59 Å². The molecule has 0 atom stereocenters. The maximum Gasteiger partial charge on any atom is 0.341 e. The minimum atomic E-state index is -0.394. The van der Waals surface area contributed by atoms with E-state index in [1.807, 2.05) is 31.2 Å². The van der Waals surface area contributed by atoms with E-state index in [4.69, 9.17) is 25.7 Å². The molecule has 1 aliphatic carbocycles. The smallest absolute Gasteiger partial charge is 0.341 e. The minimum Gasteiger partial charge on any atom is -0.462 e. The number of carbonyl (C=O) groups is 2. The van der Waals surface area contributed by atoms with E-state index in [2.05, 4.69) is 5.32 Å². The Hall–Kier alpha value is -3.42. The summed E-state index contributed by atoms with van der Waals surface area (Å²) in [4.78, 5) is 32.3. The Morgan fingerprint density at radius 2 is 1.97 bits per heavy atom. The summed E-state index contributed by atoms with van der Waals surface area (Å²) in [5.41, 5.74) is 4.07. The number of fused-ring (bicyclic) bond motifs is 2. The molecule has 0 spiro atoms. The number of rotatable bonds is 5. The first kappa shape index (κ1) is 24.3. The lowest BCUT2D eigenvalue weighted by molar-refractivity contribution is 0.0526. The Kier molecular flexibility index (Phi) is 6.94. The SMILES string of the molecule is CCOC(=O)c1c(/N=c2\oc3ccc(Cl)cc3cc2C(=O)Nc2cccc(C)c2)sc2c1CCCC2. The van der Waals surface area contributed by atoms with Crippen LogP contribution < -0.4 is 10.9 Å².